The van der Waals surface area contributed by atoms with Crippen LogP contribution >= 0.6 is 12.2 Å². The van der Waals surface area contributed by atoms with Crippen molar-refractivity contribution in [3.05, 3.63) is 75.3 Å². The number of nitrogens with one attached hydrogen (secondary N) is 1. The van der Waals surface area contributed by atoms with Crippen molar-refractivity contribution in [2.45, 2.75) is 12.6 Å². The summed E-state index contributed by atoms with van der Waals surface area (Å²) in [5.41, 5.74) is 1.92. The Hall–Kier alpha value is -2.28. The molecule has 134 valence electrons. The predicted molar refractivity (Wildman–Crippen MR) is 105 cm³/mol. The van der Waals surface area contributed by atoms with Crippen LogP contribution in [0.2, 0.25) is 0 Å². The van der Waals surface area contributed by atoms with Crippen LogP contribution in [0, 0.1) is 4.77 Å². The molecule has 1 aliphatic rings. The zero-order valence-electron chi connectivity index (χ0n) is 14.4. The second-order valence-electron chi connectivity index (χ2n) is 6.47. The lowest BCUT2D eigenvalue weighted by molar-refractivity contribution is 0.0120. The Balaban J connectivity index is 1.77. The molecule has 1 atom stereocenters. The van der Waals surface area contributed by atoms with Gasteiger partial charge in [0.1, 0.15) is 0 Å². The van der Waals surface area contributed by atoms with E-state index in [0.29, 0.717) is 29.9 Å². The van der Waals surface area contributed by atoms with Gasteiger partial charge in [0.05, 0.1) is 30.2 Å². The fourth-order valence-electron chi connectivity index (χ4n) is 3.53. The van der Waals surface area contributed by atoms with E-state index in [9.17, 15) is 4.79 Å². The Labute approximate surface area is 156 Å². The van der Waals surface area contributed by atoms with E-state index in [1.165, 1.54) is 5.56 Å². The van der Waals surface area contributed by atoms with Crippen molar-refractivity contribution in [1.29, 1.82) is 0 Å². The Morgan fingerprint density at radius 1 is 1.04 bits per heavy atom. The molecule has 0 radical (unpaired) electrons. The molecule has 0 spiro atoms. The van der Waals surface area contributed by atoms with Gasteiger partial charge < -0.3 is 9.72 Å². The van der Waals surface area contributed by atoms with E-state index in [-0.39, 0.29) is 11.6 Å². The SMILES string of the molecule is O=c1c2ccccc2[nH]c(=S)n1C[C@@H](c1ccccc1)N1CCOCC1. The van der Waals surface area contributed by atoms with Crippen LogP contribution in [0.25, 0.3) is 10.9 Å². The standard InChI is InChI=1S/C20H21N3O2S/c24-19-16-8-4-5-9-17(16)21-20(26)23(19)14-18(15-6-2-1-3-7-15)22-10-12-25-13-11-22/h1-9,18H,10-14H2,(H,21,26)/t18-/m0/s1. The number of hydrogen-bond acceptors (Lipinski definition) is 4. The van der Waals surface area contributed by atoms with E-state index in [1.807, 2.05) is 42.5 Å². The highest BCUT2D eigenvalue weighted by Gasteiger charge is 2.24. The van der Waals surface area contributed by atoms with Crippen LogP contribution in [0.1, 0.15) is 11.6 Å². The number of H-pyrrole nitrogens is 1. The molecular formula is C20H21N3O2S. The van der Waals surface area contributed by atoms with Gasteiger partial charge in [0, 0.05) is 19.6 Å². The minimum atomic E-state index is -0.0430. The van der Waals surface area contributed by atoms with Crippen molar-refractivity contribution < 1.29 is 4.74 Å². The largest absolute Gasteiger partial charge is 0.379 e. The number of nitrogens with zero attached hydrogens (tertiary/aromatic N) is 2. The average Bonchev–Trinajstić information content (AvgIpc) is 2.69. The third kappa shape index (κ3) is 3.35. The van der Waals surface area contributed by atoms with E-state index < -0.39 is 0 Å². The summed E-state index contributed by atoms with van der Waals surface area (Å²) >= 11 is 5.50. The molecule has 1 aromatic heterocycles. The minimum absolute atomic E-state index is 0.0430. The van der Waals surface area contributed by atoms with Crippen LogP contribution in [0.4, 0.5) is 0 Å². The highest BCUT2D eigenvalue weighted by molar-refractivity contribution is 7.71. The van der Waals surface area contributed by atoms with Crippen LogP contribution in [-0.2, 0) is 11.3 Å². The molecule has 1 saturated heterocycles. The highest BCUT2D eigenvalue weighted by Crippen LogP contribution is 2.23. The first-order valence-electron chi connectivity index (χ1n) is 8.82. The molecule has 2 aromatic carbocycles. The van der Waals surface area contributed by atoms with Crippen molar-refractivity contribution in [2.24, 2.45) is 0 Å². The van der Waals surface area contributed by atoms with E-state index in [2.05, 4.69) is 22.0 Å². The van der Waals surface area contributed by atoms with Crippen molar-refractivity contribution in [3.63, 3.8) is 0 Å². The molecular weight excluding hydrogens is 346 g/mol. The van der Waals surface area contributed by atoms with E-state index in [0.717, 1.165) is 18.6 Å². The second-order valence-corrected chi connectivity index (χ2v) is 6.85. The Morgan fingerprint density at radius 3 is 2.50 bits per heavy atom. The normalized spacial score (nSPS) is 16.6. The molecule has 0 saturated carbocycles. The third-order valence-electron chi connectivity index (χ3n) is 4.92. The van der Waals surface area contributed by atoms with Crippen LogP contribution in [0.15, 0.2) is 59.4 Å². The van der Waals surface area contributed by atoms with Crippen molar-refractivity contribution in [3.8, 4) is 0 Å². The molecule has 0 bridgehead atoms. The monoisotopic (exact) mass is 367 g/mol. The number of benzene rings is 2. The third-order valence-corrected chi connectivity index (χ3v) is 5.24. The maximum Gasteiger partial charge on any atom is 0.262 e. The van der Waals surface area contributed by atoms with Crippen molar-refractivity contribution in [1.82, 2.24) is 14.5 Å². The number of morpholine rings is 1. The summed E-state index contributed by atoms with van der Waals surface area (Å²) in [5.74, 6) is 0. The van der Waals surface area contributed by atoms with Crippen molar-refractivity contribution in [2.75, 3.05) is 26.3 Å². The summed E-state index contributed by atoms with van der Waals surface area (Å²) in [4.78, 5) is 18.6. The van der Waals surface area contributed by atoms with Gasteiger partial charge in [-0.05, 0) is 29.9 Å². The van der Waals surface area contributed by atoms with Crippen molar-refractivity contribution >= 4 is 23.1 Å². The predicted octanol–water partition coefficient (Wildman–Crippen LogP) is 3.13. The van der Waals surface area contributed by atoms with Gasteiger partial charge in [-0.1, -0.05) is 42.5 Å². The van der Waals surface area contributed by atoms with E-state index in [1.54, 1.807) is 4.57 Å². The van der Waals surface area contributed by atoms with E-state index >= 15 is 0 Å². The maximum absolute atomic E-state index is 13.0. The fraction of sp³-hybridized carbons (Fsp3) is 0.300. The molecule has 4 rings (SSSR count). The zero-order chi connectivity index (χ0) is 17.9. The number of fused-ring (bicyclic) bond motifs is 1. The minimum Gasteiger partial charge on any atom is -0.379 e. The van der Waals surface area contributed by atoms with Gasteiger partial charge in [-0.3, -0.25) is 14.3 Å². The molecule has 26 heavy (non-hydrogen) atoms. The summed E-state index contributed by atoms with van der Waals surface area (Å²) in [7, 11) is 0. The summed E-state index contributed by atoms with van der Waals surface area (Å²) in [6, 6.07) is 17.9. The molecule has 0 amide bonds. The molecule has 0 aliphatic carbocycles. The molecule has 0 unspecified atom stereocenters. The molecule has 1 N–H and O–H groups in total. The van der Waals surface area contributed by atoms with Gasteiger partial charge in [0.15, 0.2) is 4.77 Å². The van der Waals surface area contributed by atoms with E-state index in [4.69, 9.17) is 17.0 Å². The van der Waals surface area contributed by atoms with Gasteiger partial charge in [-0.15, -0.1) is 0 Å². The van der Waals surface area contributed by atoms with Crippen LogP contribution in [0.3, 0.4) is 0 Å². The number of hydrogen-bond donors (Lipinski definition) is 1. The number of aromatic amines is 1. The number of ether oxygens (including phenoxy) is 1. The quantitative estimate of drug-likeness (QED) is 0.720. The van der Waals surface area contributed by atoms with Gasteiger partial charge in [-0.2, -0.15) is 0 Å². The second kappa shape index (κ2) is 7.53. The van der Waals surface area contributed by atoms with Gasteiger partial charge >= 0.3 is 0 Å². The smallest absolute Gasteiger partial charge is 0.262 e. The molecule has 1 fully saturated rings. The van der Waals surface area contributed by atoms with Crippen LogP contribution < -0.4 is 5.56 Å². The number of rotatable bonds is 4. The Morgan fingerprint density at radius 2 is 1.73 bits per heavy atom. The first kappa shape index (κ1) is 17.1. The summed E-state index contributed by atoms with van der Waals surface area (Å²) in [6.45, 7) is 3.63. The fourth-order valence-corrected chi connectivity index (χ4v) is 3.80. The maximum atomic E-state index is 13.0. The summed E-state index contributed by atoms with van der Waals surface area (Å²) in [5, 5.41) is 0.662. The van der Waals surface area contributed by atoms with Crippen LogP contribution in [-0.4, -0.2) is 40.8 Å². The molecule has 1 aliphatic heterocycles. The lowest BCUT2D eigenvalue weighted by atomic mass is 10.0. The topological polar surface area (TPSA) is 50.3 Å². The summed E-state index contributed by atoms with van der Waals surface area (Å²) < 4.78 is 7.65. The molecule has 5 nitrogen and oxygen atoms in total. The number of aromatic nitrogens is 2. The Bertz CT molecular complexity index is 1010. The molecule has 2 heterocycles. The van der Waals surface area contributed by atoms with Gasteiger partial charge in [0.25, 0.3) is 5.56 Å². The zero-order valence-corrected chi connectivity index (χ0v) is 15.2. The molecule has 3 aromatic rings. The molecule has 6 heteroatoms. The lowest BCUT2D eigenvalue weighted by Crippen LogP contribution is -2.42. The Kier molecular flexibility index (Phi) is 4.97. The highest BCUT2D eigenvalue weighted by atomic mass is 32.1. The van der Waals surface area contributed by atoms with Gasteiger partial charge in [0.2, 0.25) is 0 Å². The first-order valence-corrected chi connectivity index (χ1v) is 9.23. The van der Waals surface area contributed by atoms with Gasteiger partial charge in [-0.25, -0.2) is 0 Å². The van der Waals surface area contributed by atoms with Crippen LogP contribution in [0.5, 0.6) is 0 Å². The first-order chi connectivity index (χ1) is 12.7. The summed E-state index contributed by atoms with van der Waals surface area (Å²) in [6.07, 6.45) is 0. The average molecular weight is 367 g/mol. The lowest BCUT2D eigenvalue weighted by Gasteiger charge is -2.35. The number of para-hydroxylation sites is 1.